The van der Waals surface area contributed by atoms with Gasteiger partial charge in [-0.3, -0.25) is 0 Å². The lowest BCUT2D eigenvalue weighted by Crippen LogP contribution is -2.01. The maximum absolute atomic E-state index is 11.9. The standard InChI is InChI=1S/C17H17N5O2/c1-10-13(17(23)24-2)8-22-15(10)16(19-9-20-22)21-12-4-3-11-5-6-18-14(11)7-12/h3-4,7-9,18H,5-6H2,1-2H3,(H,19,20,21). The van der Waals surface area contributed by atoms with E-state index >= 15 is 0 Å². The van der Waals surface area contributed by atoms with Gasteiger partial charge in [0.25, 0.3) is 0 Å². The van der Waals surface area contributed by atoms with Crippen molar-refractivity contribution in [2.75, 3.05) is 24.3 Å². The van der Waals surface area contributed by atoms with Crippen molar-refractivity contribution >= 4 is 28.7 Å². The molecule has 1 aliphatic heterocycles. The zero-order chi connectivity index (χ0) is 16.7. The second-order valence-corrected chi connectivity index (χ2v) is 5.73. The Kier molecular flexibility index (Phi) is 3.34. The molecule has 4 rings (SSSR count). The summed E-state index contributed by atoms with van der Waals surface area (Å²) in [4.78, 5) is 16.2. The number of carbonyl (C=O) groups excluding carboxylic acids is 1. The number of hydrogen-bond donors (Lipinski definition) is 2. The summed E-state index contributed by atoms with van der Waals surface area (Å²) in [6.07, 6.45) is 4.17. The number of fused-ring (bicyclic) bond motifs is 2. The molecule has 0 aliphatic carbocycles. The van der Waals surface area contributed by atoms with Gasteiger partial charge >= 0.3 is 5.97 Å². The minimum Gasteiger partial charge on any atom is -0.465 e. The number of benzene rings is 1. The third-order valence-corrected chi connectivity index (χ3v) is 4.31. The van der Waals surface area contributed by atoms with E-state index in [0.29, 0.717) is 11.4 Å². The van der Waals surface area contributed by atoms with Gasteiger partial charge in [-0.2, -0.15) is 5.10 Å². The maximum atomic E-state index is 11.9. The van der Waals surface area contributed by atoms with Crippen LogP contribution in [-0.4, -0.2) is 34.2 Å². The van der Waals surface area contributed by atoms with Gasteiger partial charge in [0.2, 0.25) is 0 Å². The zero-order valence-corrected chi connectivity index (χ0v) is 13.5. The van der Waals surface area contributed by atoms with Gasteiger partial charge in [-0.15, -0.1) is 0 Å². The van der Waals surface area contributed by atoms with Gasteiger partial charge in [-0.05, 0) is 36.6 Å². The van der Waals surface area contributed by atoms with Crippen LogP contribution in [0, 0.1) is 6.92 Å². The van der Waals surface area contributed by atoms with E-state index in [0.717, 1.165) is 35.4 Å². The van der Waals surface area contributed by atoms with Crippen LogP contribution < -0.4 is 10.6 Å². The summed E-state index contributed by atoms with van der Waals surface area (Å²) in [5.74, 6) is 0.265. The van der Waals surface area contributed by atoms with Crippen molar-refractivity contribution < 1.29 is 9.53 Å². The lowest BCUT2D eigenvalue weighted by Gasteiger charge is -2.09. The molecule has 7 heteroatoms. The molecular weight excluding hydrogens is 306 g/mol. The van der Waals surface area contributed by atoms with E-state index in [1.54, 1.807) is 10.7 Å². The minimum absolute atomic E-state index is 0.384. The number of hydrogen-bond acceptors (Lipinski definition) is 6. The Morgan fingerprint density at radius 3 is 3.12 bits per heavy atom. The average Bonchev–Trinajstić information content (AvgIpc) is 3.19. The summed E-state index contributed by atoms with van der Waals surface area (Å²) in [5.41, 5.74) is 5.42. The van der Waals surface area contributed by atoms with E-state index < -0.39 is 0 Å². The first-order valence-electron chi connectivity index (χ1n) is 7.72. The SMILES string of the molecule is COC(=O)c1cn2ncnc(Nc3ccc4c(c3)NCC4)c2c1C. The van der Waals surface area contributed by atoms with E-state index in [1.807, 2.05) is 13.0 Å². The predicted molar refractivity (Wildman–Crippen MR) is 91.0 cm³/mol. The van der Waals surface area contributed by atoms with Crippen molar-refractivity contribution in [3.05, 3.63) is 47.4 Å². The predicted octanol–water partition coefficient (Wildman–Crippen LogP) is 2.54. The molecule has 0 saturated carbocycles. The van der Waals surface area contributed by atoms with Crippen molar-refractivity contribution in [1.29, 1.82) is 0 Å². The van der Waals surface area contributed by atoms with Crippen molar-refractivity contribution in [2.45, 2.75) is 13.3 Å². The Balaban J connectivity index is 1.76. The molecule has 1 aliphatic rings. The molecule has 3 heterocycles. The second-order valence-electron chi connectivity index (χ2n) is 5.73. The third kappa shape index (κ3) is 2.25. The Morgan fingerprint density at radius 2 is 2.29 bits per heavy atom. The number of aryl methyl sites for hydroxylation is 1. The molecule has 0 fully saturated rings. The molecule has 122 valence electrons. The maximum Gasteiger partial charge on any atom is 0.339 e. The molecule has 7 nitrogen and oxygen atoms in total. The molecule has 2 N–H and O–H groups in total. The van der Waals surface area contributed by atoms with Crippen molar-refractivity contribution in [2.24, 2.45) is 0 Å². The molecule has 0 atom stereocenters. The normalized spacial score (nSPS) is 12.8. The molecule has 0 saturated heterocycles. The van der Waals surface area contributed by atoms with Gasteiger partial charge in [0, 0.05) is 24.1 Å². The Morgan fingerprint density at radius 1 is 1.42 bits per heavy atom. The molecule has 1 aromatic carbocycles. The van der Waals surface area contributed by atoms with Gasteiger partial charge in [0.1, 0.15) is 11.8 Å². The van der Waals surface area contributed by atoms with Gasteiger partial charge in [-0.25, -0.2) is 14.3 Å². The number of nitrogens with one attached hydrogen (secondary N) is 2. The highest BCUT2D eigenvalue weighted by Gasteiger charge is 2.18. The fourth-order valence-corrected chi connectivity index (χ4v) is 3.07. The summed E-state index contributed by atoms with van der Waals surface area (Å²) in [6, 6.07) is 6.21. The van der Waals surface area contributed by atoms with Crippen LogP contribution in [0.3, 0.4) is 0 Å². The fourth-order valence-electron chi connectivity index (χ4n) is 3.07. The van der Waals surface area contributed by atoms with Crippen LogP contribution in [0.2, 0.25) is 0 Å². The average molecular weight is 323 g/mol. The number of rotatable bonds is 3. The number of esters is 1. The van der Waals surface area contributed by atoms with E-state index in [9.17, 15) is 4.79 Å². The summed E-state index contributed by atoms with van der Waals surface area (Å²) in [5, 5.41) is 10.9. The van der Waals surface area contributed by atoms with Gasteiger partial charge in [0.05, 0.1) is 12.7 Å². The molecule has 0 bridgehead atoms. The molecule has 0 unspecified atom stereocenters. The van der Waals surface area contributed by atoms with Crippen LogP contribution in [0.15, 0.2) is 30.7 Å². The largest absolute Gasteiger partial charge is 0.465 e. The van der Waals surface area contributed by atoms with Crippen LogP contribution in [0.5, 0.6) is 0 Å². The van der Waals surface area contributed by atoms with Crippen molar-refractivity contribution in [3.8, 4) is 0 Å². The molecule has 2 aromatic heterocycles. The first kappa shape index (κ1) is 14.5. The Labute approximate surface area is 138 Å². The lowest BCUT2D eigenvalue weighted by molar-refractivity contribution is 0.0600. The zero-order valence-electron chi connectivity index (χ0n) is 13.5. The number of aromatic nitrogens is 3. The van der Waals surface area contributed by atoms with Crippen molar-refractivity contribution in [3.63, 3.8) is 0 Å². The fraction of sp³-hybridized carbons (Fsp3) is 0.235. The molecule has 3 aromatic rings. The topological polar surface area (TPSA) is 80.5 Å². The number of carbonyl (C=O) groups is 1. The molecule has 0 radical (unpaired) electrons. The lowest BCUT2D eigenvalue weighted by atomic mass is 10.1. The summed E-state index contributed by atoms with van der Waals surface area (Å²) in [6.45, 7) is 2.83. The van der Waals surface area contributed by atoms with Gasteiger partial charge in [0.15, 0.2) is 5.82 Å². The number of methoxy groups -OCH3 is 1. The number of nitrogens with zero attached hydrogens (tertiary/aromatic N) is 3. The van der Waals surface area contributed by atoms with Gasteiger partial charge < -0.3 is 15.4 Å². The molecular formula is C17H17N5O2. The van der Waals surface area contributed by atoms with E-state index in [2.05, 4.69) is 32.8 Å². The molecule has 0 spiro atoms. The van der Waals surface area contributed by atoms with E-state index in [-0.39, 0.29) is 5.97 Å². The quantitative estimate of drug-likeness (QED) is 0.721. The number of anilines is 3. The Hall–Kier alpha value is -3.09. The summed E-state index contributed by atoms with van der Waals surface area (Å²) >= 11 is 0. The Bertz CT molecular complexity index is 948. The second kappa shape index (κ2) is 5.52. The first-order valence-corrected chi connectivity index (χ1v) is 7.72. The van der Waals surface area contributed by atoms with Crippen LogP contribution in [0.25, 0.3) is 5.52 Å². The number of ether oxygens (including phenoxy) is 1. The summed E-state index contributed by atoms with van der Waals surface area (Å²) in [7, 11) is 1.37. The van der Waals surface area contributed by atoms with Crippen LogP contribution in [0.4, 0.5) is 17.2 Å². The van der Waals surface area contributed by atoms with Gasteiger partial charge in [-0.1, -0.05) is 6.07 Å². The third-order valence-electron chi connectivity index (χ3n) is 4.31. The highest BCUT2D eigenvalue weighted by atomic mass is 16.5. The minimum atomic E-state index is -0.384. The highest BCUT2D eigenvalue weighted by Crippen LogP contribution is 2.29. The van der Waals surface area contributed by atoms with Crippen molar-refractivity contribution in [1.82, 2.24) is 14.6 Å². The molecule has 0 amide bonds. The first-order chi connectivity index (χ1) is 11.7. The van der Waals surface area contributed by atoms with E-state index in [1.165, 1.54) is 19.0 Å². The van der Waals surface area contributed by atoms with Crippen LogP contribution in [-0.2, 0) is 11.2 Å². The van der Waals surface area contributed by atoms with E-state index in [4.69, 9.17) is 4.74 Å². The highest BCUT2D eigenvalue weighted by molar-refractivity contribution is 5.95. The van der Waals surface area contributed by atoms with Crippen LogP contribution >= 0.6 is 0 Å². The monoisotopic (exact) mass is 323 g/mol. The molecule has 24 heavy (non-hydrogen) atoms. The smallest absolute Gasteiger partial charge is 0.339 e. The van der Waals surface area contributed by atoms with Crippen LogP contribution in [0.1, 0.15) is 21.5 Å². The summed E-state index contributed by atoms with van der Waals surface area (Å²) < 4.78 is 6.47.